The Kier molecular flexibility index (Phi) is 4.56. The molecule has 1 rings (SSSR count). The fourth-order valence-corrected chi connectivity index (χ4v) is 1.54. The first-order chi connectivity index (χ1) is 7.54. The van der Waals surface area contributed by atoms with E-state index in [0.717, 1.165) is 21.7 Å². The normalized spacial score (nSPS) is 10.8. The van der Waals surface area contributed by atoms with Crippen molar-refractivity contribution in [3.05, 3.63) is 39.9 Å². The zero-order valence-corrected chi connectivity index (χ0v) is 10.5. The summed E-state index contributed by atoms with van der Waals surface area (Å²) in [6.45, 7) is 6.05. The van der Waals surface area contributed by atoms with E-state index in [4.69, 9.17) is 16.3 Å². The molecule has 0 saturated carbocycles. The van der Waals surface area contributed by atoms with Crippen molar-refractivity contribution in [2.24, 2.45) is 0 Å². The van der Waals surface area contributed by atoms with Gasteiger partial charge in [0, 0.05) is 11.1 Å². The van der Waals surface area contributed by atoms with E-state index >= 15 is 0 Å². The van der Waals surface area contributed by atoms with Crippen LogP contribution in [0.5, 0.6) is 0 Å². The second kappa shape index (κ2) is 5.71. The SMILES string of the molecule is CCOC(=O)C=Cc1cc(C)c(Cl)c(C)c1. The molecule has 3 heteroatoms. The van der Waals surface area contributed by atoms with Crippen molar-refractivity contribution in [1.82, 2.24) is 0 Å². The van der Waals surface area contributed by atoms with Gasteiger partial charge >= 0.3 is 5.97 Å². The third kappa shape index (κ3) is 3.38. The molecule has 0 aromatic heterocycles. The van der Waals surface area contributed by atoms with E-state index in [9.17, 15) is 4.79 Å². The first-order valence-electron chi connectivity index (χ1n) is 5.16. The van der Waals surface area contributed by atoms with Crippen LogP contribution in [0.4, 0.5) is 0 Å². The highest BCUT2D eigenvalue weighted by Crippen LogP contribution is 2.22. The lowest BCUT2D eigenvalue weighted by atomic mass is 10.1. The van der Waals surface area contributed by atoms with E-state index in [2.05, 4.69) is 0 Å². The van der Waals surface area contributed by atoms with Crippen LogP contribution in [0.25, 0.3) is 6.08 Å². The Hall–Kier alpha value is -1.28. The summed E-state index contributed by atoms with van der Waals surface area (Å²) in [5.74, 6) is -0.326. The van der Waals surface area contributed by atoms with Gasteiger partial charge in [0.2, 0.25) is 0 Å². The number of hydrogen-bond acceptors (Lipinski definition) is 2. The third-order valence-electron chi connectivity index (χ3n) is 2.16. The summed E-state index contributed by atoms with van der Waals surface area (Å²) in [5.41, 5.74) is 2.96. The Balaban J connectivity index is 2.86. The van der Waals surface area contributed by atoms with Crippen LogP contribution >= 0.6 is 11.6 Å². The van der Waals surface area contributed by atoms with Crippen LogP contribution in [-0.2, 0) is 9.53 Å². The van der Waals surface area contributed by atoms with Crippen LogP contribution in [0.2, 0.25) is 5.02 Å². The van der Waals surface area contributed by atoms with Crippen LogP contribution in [0, 0.1) is 13.8 Å². The summed E-state index contributed by atoms with van der Waals surface area (Å²) in [7, 11) is 0. The maximum atomic E-state index is 11.1. The summed E-state index contributed by atoms with van der Waals surface area (Å²) in [4.78, 5) is 11.1. The summed E-state index contributed by atoms with van der Waals surface area (Å²) < 4.78 is 4.80. The molecule has 0 radical (unpaired) electrons. The van der Waals surface area contributed by atoms with E-state index < -0.39 is 0 Å². The minimum absolute atomic E-state index is 0.326. The topological polar surface area (TPSA) is 26.3 Å². The second-order valence-corrected chi connectivity index (χ2v) is 3.93. The van der Waals surface area contributed by atoms with Crippen molar-refractivity contribution >= 4 is 23.6 Å². The monoisotopic (exact) mass is 238 g/mol. The van der Waals surface area contributed by atoms with E-state index in [1.165, 1.54) is 6.08 Å². The van der Waals surface area contributed by atoms with E-state index in [1.807, 2.05) is 26.0 Å². The molecule has 0 aliphatic heterocycles. The number of ether oxygens (including phenoxy) is 1. The van der Waals surface area contributed by atoms with Crippen LogP contribution < -0.4 is 0 Å². The molecule has 0 aliphatic carbocycles. The molecule has 16 heavy (non-hydrogen) atoms. The average Bonchev–Trinajstić information content (AvgIpc) is 2.23. The van der Waals surface area contributed by atoms with Gasteiger partial charge in [-0.15, -0.1) is 0 Å². The Morgan fingerprint density at radius 2 is 1.94 bits per heavy atom. The molecule has 0 heterocycles. The number of aryl methyl sites for hydroxylation is 2. The van der Waals surface area contributed by atoms with Crippen LogP contribution in [0.15, 0.2) is 18.2 Å². The lowest BCUT2D eigenvalue weighted by Crippen LogP contribution is -1.98. The third-order valence-corrected chi connectivity index (χ3v) is 2.75. The van der Waals surface area contributed by atoms with E-state index in [-0.39, 0.29) is 5.97 Å². The molecule has 0 unspecified atom stereocenters. The quantitative estimate of drug-likeness (QED) is 0.595. The Morgan fingerprint density at radius 3 is 2.44 bits per heavy atom. The van der Waals surface area contributed by atoms with Gasteiger partial charge in [0.15, 0.2) is 0 Å². The molecular formula is C13H15ClO2. The number of hydrogen-bond donors (Lipinski definition) is 0. The van der Waals surface area contributed by atoms with Gasteiger partial charge in [-0.3, -0.25) is 0 Å². The number of benzene rings is 1. The number of rotatable bonds is 3. The summed E-state index contributed by atoms with van der Waals surface area (Å²) in [5, 5.41) is 0.772. The first kappa shape index (κ1) is 12.8. The van der Waals surface area contributed by atoms with Crippen molar-refractivity contribution in [2.75, 3.05) is 6.61 Å². The van der Waals surface area contributed by atoms with Crippen molar-refractivity contribution in [3.63, 3.8) is 0 Å². The number of carbonyl (C=O) groups is 1. The maximum Gasteiger partial charge on any atom is 0.330 e. The van der Waals surface area contributed by atoms with Crippen LogP contribution in [0.1, 0.15) is 23.6 Å². The number of halogens is 1. The molecule has 1 aromatic carbocycles. The minimum Gasteiger partial charge on any atom is -0.463 e. The molecule has 86 valence electrons. The Morgan fingerprint density at radius 1 is 1.38 bits per heavy atom. The van der Waals surface area contributed by atoms with Crippen molar-refractivity contribution in [2.45, 2.75) is 20.8 Å². The van der Waals surface area contributed by atoms with Gasteiger partial charge in [-0.25, -0.2) is 4.79 Å². The summed E-state index contributed by atoms with van der Waals surface area (Å²) in [6, 6.07) is 3.87. The van der Waals surface area contributed by atoms with Crippen LogP contribution in [-0.4, -0.2) is 12.6 Å². The molecule has 0 aliphatic rings. The lowest BCUT2D eigenvalue weighted by Gasteiger charge is -2.04. The fraction of sp³-hybridized carbons (Fsp3) is 0.308. The van der Waals surface area contributed by atoms with E-state index in [1.54, 1.807) is 13.0 Å². The van der Waals surface area contributed by atoms with Gasteiger partial charge in [-0.05, 0) is 43.5 Å². The predicted molar refractivity (Wildman–Crippen MR) is 66.6 cm³/mol. The first-order valence-corrected chi connectivity index (χ1v) is 5.54. The smallest absolute Gasteiger partial charge is 0.330 e. The number of carbonyl (C=O) groups excluding carboxylic acids is 1. The molecule has 0 atom stereocenters. The standard InChI is InChI=1S/C13H15ClO2/c1-4-16-12(15)6-5-11-7-9(2)13(14)10(3)8-11/h5-8H,4H2,1-3H3. The largest absolute Gasteiger partial charge is 0.463 e. The van der Waals surface area contributed by atoms with Crippen molar-refractivity contribution in [3.8, 4) is 0 Å². The second-order valence-electron chi connectivity index (χ2n) is 3.55. The molecule has 0 fully saturated rings. The average molecular weight is 239 g/mol. The highest BCUT2D eigenvalue weighted by atomic mass is 35.5. The Bertz CT molecular complexity index is 399. The van der Waals surface area contributed by atoms with Gasteiger partial charge in [0.05, 0.1) is 6.61 Å². The zero-order valence-electron chi connectivity index (χ0n) is 9.71. The molecular weight excluding hydrogens is 224 g/mol. The van der Waals surface area contributed by atoms with Gasteiger partial charge in [0.25, 0.3) is 0 Å². The van der Waals surface area contributed by atoms with Gasteiger partial charge < -0.3 is 4.74 Å². The molecule has 1 aromatic rings. The van der Waals surface area contributed by atoms with Gasteiger partial charge in [0.1, 0.15) is 0 Å². The van der Waals surface area contributed by atoms with Crippen LogP contribution in [0.3, 0.4) is 0 Å². The van der Waals surface area contributed by atoms with Crippen molar-refractivity contribution in [1.29, 1.82) is 0 Å². The molecule has 0 bridgehead atoms. The summed E-state index contributed by atoms with van der Waals surface area (Å²) >= 11 is 6.05. The molecule has 0 amide bonds. The molecule has 0 N–H and O–H groups in total. The summed E-state index contributed by atoms with van der Waals surface area (Å²) in [6.07, 6.45) is 3.15. The number of esters is 1. The molecule has 2 nitrogen and oxygen atoms in total. The predicted octanol–water partition coefficient (Wildman–Crippen LogP) is 3.53. The lowest BCUT2D eigenvalue weighted by molar-refractivity contribution is -0.137. The van der Waals surface area contributed by atoms with Gasteiger partial charge in [-0.1, -0.05) is 23.7 Å². The highest BCUT2D eigenvalue weighted by molar-refractivity contribution is 6.32. The van der Waals surface area contributed by atoms with E-state index in [0.29, 0.717) is 6.61 Å². The highest BCUT2D eigenvalue weighted by Gasteiger charge is 2.01. The zero-order chi connectivity index (χ0) is 12.1. The van der Waals surface area contributed by atoms with Crippen molar-refractivity contribution < 1.29 is 9.53 Å². The minimum atomic E-state index is -0.326. The fourth-order valence-electron chi connectivity index (χ4n) is 1.43. The Labute approximate surface area is 101 Å². The molecule has 0 spiro atoms. The van der Waals surface area contributed by atoms with Gasteiger partial charge in [-0.2, -0.15) is 0 Å². The molecule has 0 saturated heterocycles. The maximum absolute atomic E-state index is 11.1.